The van der Waals surface area contributed by atoms with E-state index in [1.165, 1.54) is 27.4 Å². The van der Waals surface area contributed by atoms with Crippen molar-refractivity contribution in [1.29, 1.82) is 0 Å². The third-order valence-corrected chi connectivity index (χ3v) is 4.60. The lowest BCUT2D eigenvalue weighted by Gasteiger charge is -2.08. The number of carbonyl (C=O) groups excluding carboxylic acids is 2. The Morgan fingerprint density at radius 3 is 2.48 bits per heavy atom. The summed E-state index contributed by atoms with van der Waals surface area (Å²) in [5, 5.41) is 0.293. The van der Waals surface area contributed by atoms with E-state index >= 15 is 0 Å². The Morgan fingerprint density at radius 2 is 1.91 bits per heavy atom. The van der Waals surface area contributed by atoms with Gasteiger partial charge in [0.1, 0.15) is 0 Å². The zero-order chi connectivity index (χ0) is 17.1. The predicted octanol–water partition coefficient (Wildman–Crippen LogP) is 3.44. The molecule has 0 saturated carbocycles. The number of carbonyl (C=O) groups is 2. The number of ketones is 1. The molecule has 0 aliphatic carbocycles. The van der Waals surface area contributed by atoms with Gasteiger partial charge in [-0.15, -0.1) is 11.3 Å². The highest BCUT2D eigenvalue weighted by Gasteiger charge is 2.22. The number of benzene rings is 1. The first-order valence-corrected chi connectivity index (χ1v) is 7.69. The van der Waals surface area contributed by atoms with E-state index in [9.17, 15) is 14.0 Å². The van der Waals surface area contributed by atoms with Crippen LogP contribution >= 0.6 is 11.3 Å². The number of rotatable bonds is 6. The number of fused-ring (bicyclic) bond motifs is 1. The molecule has 0 N–H and O–H groups in total. The maximum atomic E-state index is 14.5. The average Bonchev–Trinajstić information content (AvgIpc) is 2.98. The summed E-state index contributed by atoms with van der Waals surface area (Å²) in [7, 11) is 4.04. The molecule has 1 heterocycles. The molecule has 0 aliphatic rings. The quantitative estimate of drug-likeness (QED) is 0.595. The first kappa shape index (κ1) is 17.2. The molecule has 0 spiro atoms. The van der Waals surface area contributed by atoms with E-state index in [0.717, 1.165) is 11.3 Å². The van der Waals surface area contributed by atoms with E-state index < -0.39 is 17.7 Å². The molecule has 0 amide bonds. The van der Waals surface area contributed by atoms with Crippen LogP contribution in [0, 0.1) is 11.7 Å². The SMILES string of the molecule is COC(=O)[C@@H](C)CC(=O)c1cc2c(F)c(OC)c(OC)cc2s1. The predicted molar refractivity (Wildman–Crippen MR) is 85.0 cm³/mol. The third-order valence-electron chi connectivity index (χ3n) is 3.48. The zero-order valence-electron chi connectivity index (χ0n) is 13.3. The average molecular weight is 340 g/mol. The first-order chi connectivity index (χ1) is 10.9. The van der Waals surface area contributed by atoms with E-state index in [2.05, 4.69) is 4.74 Å². The van der Waals surface area contributed by atoms with Gasteiger partial charge in [0.05, 0.1) is 32.1 Å². The minimum Gasteiger partial charge on any atom is -0.493 e. The number of hydrogen-bond acceptors (Lipinski definition) is 6. The molecule has 23 heavy (non-hydrogen) atoms. The van der Waals surface area contributed by atoms with Crippen LogP contribution in [0.15, 0.2) is 12.1 Å². The minimum atomic E-state index is -0.571. The van der Waals surface area contributed by atoms with E-state index in [4.69, 9.17) is 9.47 Å². The highest BCUT2D eigenvalue weighted by atomic mass is 32.1. The van der Waals surface area contributed by atoms with Crippen LogP contribution < -0.4 is 9.47 Å². The van der Waals surface area contributed by atoms with Gasteiger partial charge >= 0.3 is 5.97 Å². The number of esters is 1. The van der Waals surface area contributed by atoms with Gasteiger partial charge in [-0.05, 0) is 6.07 Å². The highest BCUT2D eigenvalue weighted by molar-refractivity contribution is 7.20. The summed E-state index contributed by atoms with van der Waals surface area (Å²) in [5.41, 5.74) is 0. The molecule has 2 rings (SSSR count). The Balaban J connectivity index is 2.38. The summed E-state index contributed by atoms with van der Waals surface area (Å²) < 4.78 is 29.8. The summed E-state index contributed by atoms with van der Waals surface area (Å²) in [5.74, 6) is -1.54. The Kier molecular flexibility index (Phi) is 5.20. The van der Waals surface area contributed by atoms with E-state index in [1.54, 1.807) is 13.0 Å². The summed E-state index contributed by atoms with van der Waals surface area (Å²) in [6, 6.07) is 3.10. The molecule has 0 fully saturated rings. The van der Waals surface area contributed by atoms with E-state index in [1.807, 2.05) is 0 Å². The van der Waals surface area contributed by atoms with Gasteiger partial charge in [-0.3, -0.25) is 9.59 Å². The van der Waals surface area contributed by atoms with Crippen molar-refractivity contribution in [3.05, 3.63) is 22.8 Å². The van der Waals surface area contributed by atoms with Crippen molar-refractivity contribution in [1.82, 2.24) is 0 Å². The van der Waals surface area contributed by atoms with E-state index in [-0.39, 0.29) is 23.7 Å². The van der Waals surface area contributed by atoms with Gasteiger partial charge in [-0.1, -0.05) is 6.92 Å². The van der Waals surface area contributed by atoms with Gasteiger partial charge in [0.25, 0.3) is 0 Å². The van der Waals surface area contributed by atoms with Gasteiger partial charge in [0, 0.05) is 22.6 Å². The molecule has 1 aromatic carbocycles. The number of methoxy groups -OCH3 is 3. The van der Waals surface area contributed by atoms with Crippen molar-refractivity contribution < 1.29 is 28.2 Å². The van der Waals surface area contributed by atoms with Gasteiger partial charge in [0.2, 0.25) is 0 Å². The Bertz CT molecular complexity index is 752. The Labute approximate surface area is 137 Å². The molecule has 0 unspecified atom stereocenters. The molecule has 2 aromatic rings. The van der Waals surface area contributed by atoms with Crippen LogP contribution in [-0.4, -0.2) is 33.1 Å². The third kappa shape index (κ3) is 3.29. The standard InChI is InChI=1S/C16H17FO5S/c1-8(16(19)22-4)5-10(18)13-6-9-12(23-13)7-11(20-2)15(21-3)14(9)17/h6-8H,5H2,1-4H3/t8-/m0/s1. The largest absolute Gasteiger partial charge is 0.493 e. The minimum absolute atomic E-state index is 0.000252. The van der Waals surface area contributed by atoms with Crippen LogP contribution in [0.3, 0.4) is 0 Å². The molecule has 1 atom stereocenters. The highest BCUT2D eigenvalue weighted by Crippen LogP contribution is 2.40. The lowest BCUT2D eigenvalue weighted by molar-refractivity contribution is -0.144. The molecule has 124 valence electrons. The van der Waals surface area contributed by atoms with Crippen molar-refractivity contribution in [2.75, 3.05) is 21.3 Å². The number of Topliss-reactive ketones (excluding diaryl/α,β-unsaturated/α-hetero) is 1. The number of halogens is 1. The number of ether oxygens (including phenoxy) is 3. The first-order valence-electron chi connectivity index (χ1n) is 6.88. The van der Waals surface area contributed by atoms with Gasteiger partial charge in [-0.25, -0.2) is 4.39 Å². The van der Waals surface area contributed by atoms with Crippen molar-refractivity contribution in [2.24, 2.45) is 5.92 Å². The van der Waals surface area contributed by atoms with Crippen LogP contribution in [0.5, 0.6) is 11.5 Å². The molecule has 0 aliphatic heterocycles. The number of thiophene rings is 1. The van der Waals surface area contributed by atoms with Gasteiger partial charge in [-0.2, -0.15) is 0 Å². The fourth-order valence-electron chi connectivity index (χ4n) is 2.24. The maximum Gasteiger partial charge on any atom is 0.308 e. The van der Waals surface area contributed by atoms with Gasteiger partial charge in [0.15, 0.2) is 23.1 Å². The molecule has 0 saturated heterocycles. The number of hydrogen-bond donors (Lipinski definition) is 0. The normalized spacial score (nSPS) is 12.0. The van der Waals surface area contributed by atoms with Crippen molar-refractivity contribution in [2.45, 2.75) is 13.3 Å². The molecular weight excluding hydrogens is 323 g/mol. The smallest absolute Gasteiger partial charge is 0.308 e. The molecule has 0 radical (unpaired) electrons. The van der Waals surface area contributed by atoms with Crippen LogP contribution in [0.25, 0.3) is 10.1 Å². The van der Waals surface area contributed by atoms with Crippen LogP contribution in [0.2, 0.25) is 0 Å². The molecule has 1 aromatic heterocycles. The van der Waals surface area contributed by atoms with Gasteiger partial charge < -0.3 is 14.2 Å². The second-order valence-corrected chi connectivity index (χ2v) is 6.08. The Morgan fingerprint density at radius 1 is 1.22 bits per heavy atom. The summed E-state index contributed by atoms with van der Waals surface area (Å²) in [6.07, 6.45) is 0.00931. The zero-order valence-corrected chi connectivity index (χ0v) is 14.1. The fraction of sp³-hybridized carbons (Fsp3) is 0.375. The molecular formula is C16H17FO5S. The second kappa shape index (κ2) is 6.95. The second-order valence-electron chi connectivity index (χ2n) is 5.00. The van der Waals surface area contributed by atoms with Crippen molar-refractivity contribution >= 4 is 33.2 Å². The molecule has 5 nitrogen and oxygen atoms in total. The molecule has 0 bridgehead atoms. The fourth-order valence-corrected chi connectivity index (χ4v) is 3.28. The Hall–Kier alpha value is -2.15. The van der Waals surface area contributed by atoms with Crippen LogP contribution in [0.1, 0.15) is 23.0 Å². The van der Waals surface area contributed by atoms with E-state index in [0.29, 0.717) is 15.0 Å². The summed E-state index contributed by atoms with van der Waals surface area (Å²) in [4.78, 5) is 24.1. The lowest BCUT2D eigenvalue weighted by Crippen LogP contribution is -2.16. The maximum absolute atomic E-state index is 14.5. The molecule has 7 heteroatoms. The van der Waals surface area contributed by atoms with Crippen LogP contribution in [0.4, 0.5) is 4.39 Å². The van der Waals surface area contributed by atoms with Crippen LogP contribution in [-0.2, 0) is 9.53 Å². The van der Waals surface area contributed by atoms with Crippen molar-refractivity contribution in [3.63, 3.8) is 0 Å². The topological polar surface area (TPSA) is 61.8 Å². The lowest BCUT2D eigenvalue weighted by atomic mass is 10.0. The summed E-state index contributed by atoms with van der Waals surface area (Å²) in [6.45, 7) is 1.61. The monoisotopic (exact) mass is 340 g/mol. The van der Waals surface area contributed by atoms with Crippen molar-refractivity contribution in [3.8, 4) is 11.5 Å². The summed E-state index contributed by atoms with van der Waals surface area (Å²) >= 11 is 1.15.